The minimum atomic E-state index is -0.837. The number of carboxylic acids is 1. The Balaban J connectivity index is 2.37. The Kier molecular flexibility index (Phi) is 4.96. The molecule has 0 aliphatic heterocycles. The monoisotopic (exact) mass is 289 g/mol. The quantitative estimate of drug-likeness (QED) is 0.851. The number of aromatic nitrogens is 2. The zero-order valence-electron chi connectivity index (χ0n) is 12.9. The van der Waals surface area contributed by atoms with E-state index in [1.54, 1.807) is 6.92 Å². The second kappa shape index (κ2) is 6.72. The number of para-hydroxylation sites is 2. The van der Waals surface area contributed by atoms with Gasteiger partial charge in [0.1, 0.15) is 11.9 Å². The standard InChI is InChI=1S/C16H23N3O2/c1-4-5-10-18(3)11-15-17-13-8-6-7-9-14(13)19(15)12(2)16(20)21/h6-9,12H,4-5,10-11H2,1-3H3,(H,20,21). The molecule has 0 saturated carbocycles. The second-order valence-corrected chi connectivity index (χ2v) is 5.49. The van der Waals surface area contributed by atoms with E-state index in [0.717, 1.165) is 36.2 Å². The number of nitrogens with zero attached hydrogens (tertiary/aromatic N) is 3. The number of hydrogen-bond acceptors (Lipinski definition) is 3. The first-order valence-electron chi connectivity index (χ1n) is 7.41. The van der Waals surface area contributed by atoms with Crippen molar-refractivity contribution in [2.24, 2.45) is 0 Å². The van der Waals surface area contributed by atoms with Crippen molar-refractivity contribution >= 4 is 17.0 Å². The van der Waals surface area contributed by atoms with Crippen LogP contribution in [-0.4, -0.2) is 39.1 Å². The van der Waals surface area contributed by atoms with Gasteiger partial charge in [0, 0.05) is 0 Å². The highest BCUT2D eigenvalue weighted by Crippen LogP contribution is 2.22. The number of fused-ring (bicyclic) bond motifs is 1. The second-order valence-electron chi connectivity index (χ2n) is 5.49. The molecule has 5 heteroatoms. The molecule has 0 spiro atoms. The van der Waals surface area contributed by atoms with Gasteiger partial charge in [0.15, 0.2) is 0 Å². The van der Waals surface area contributed by atoms with Crippen LogP contribution in [0.15, 0.2) is 24.3 Å². The van der Waals surface area contributed by atoms with Crippen molar-refractivity contribution in [3.63, 3.8) is 0 Å². The molecule has 0 saturated heterocycles. The molecule has 1 aromatic carbocycles. The van der Waals surface area contributed by atoms with Gasteiger partial charge in [0.2, 0.25) is 0 Å². The highest BCUT2D eigenvalue weighted by molar-refractivity contribution is 5.80. The van der Waals surface area contributed by atoms with Crippen LogP contribution in [0.1, 0.15) is 38.6 Å². The van der Waals surface area contributed by atoms with Gasteiger partial charge >= 0.3 is 5.97 Å². The molecule has 1 unspecified atom stereocenters. The third kappa shape index (κ3) is 3.42. The van der Waals surface area contributed by atoms with Gasteiger partial charge in [0.25, 0.3) is 0 Å². The molecule has 1 aromatic heterocycles. The number of benzene rings is 1. The Morgan fingerprint density at radius 2 is 2.14 bits per heavy atom. The van der Waals surface area contributed by atoms with E-state index in [2.05, 4.69) is 16.8 Å². The first kappa shape index (κ1) is 15.5. The van der Waals surface area contributed by atoms with Crippen molar-refractivity contribution in [3.05, 3.63) is 30.1 Å². The van der Waals surface area contributed by atoms with Gasteiger partial charge in [-0.05, 0) is 39.1 Å². The fourth-order valence-electron chi connectivity index (χ4n) is 2.50. The fourth-order valence-corrected chi connectivity index (χ4v) is 2.50. The van der Waals surface area contributed by atoms with Gasteiger partial charge in [-0.25, -0.2) is 9.78 Å². The van der Waals surface area contributed by atoms with Crippen LogP contribution in [0.25, 0.3) is 11.0 Å². The highest BCUT2D eigenvalue weighted by atomic mass is 16.4. The van der Waals surface area contributed by atoms with Crippen LogP contribution < -0.4 is 0 Å². The summed E-state index contributed by atoms with van der Waals surface area (Å²) in [5.41, 5.74) is 1.73. The molecule has 21 heavy (non-hydrogen) atoms. The molecule has 1 atom stereocenters. The number of hydrogen-bond donors (Lipinski definition) is 1. The molecule has 1 heterocycles. The molecule has 2 aromatic rings. The maximum Gasteiger partial charge on any atom is 0.326 e. The van der Waals surface area contributed by atoms with Crippen LogP contribution in [0.5, 0.6) is 0 Å². The van der Waals surface area contributed by atoms with E-state index in [4.69, 9.17) is 0 Å². The Labute approximate surface area is 125 Å². The summed E-state index contributed by atoms with van der Waals surface area (Å²) in [5.74, 6) is -0.0275. The lowest BCUT2D eigenvalue weighted by Crippen LogP contribution is -2.24. The topological polar surface area (TPSA) is 58.4 Å². The third-order valence-corrected chi connectivity index (χ3v) is 3.72. The molecule has 5 nitrogen and oxygen atoms in total. The van der Waals surface area contributed by atoms with Crippen molar-refractivity contribution in [1.82, 2.24) is 14.5 Å². The largest absolute Gasteiger partial charge is 0.480 e. The number of rotatable bonds is 7. The Bertz CT molecular complexity index is 621. The van der Waals surface area contributed by atoms with Crippen LogP contribution in [-0.2, 0) is 11.3 Å². The number of unbranched alkanes of at least 4 members (excludes halogenated alkanes) is 1. The molecule has 0 radical (unpaired) electrons. The zero-order chi connectivity index (χ0) is 15.4. The minimum absolute atomic E-state index is 0.619. The molecular formula is C16H23N3O2. The van der Waals surface area contributed by atoms with Crippen LogP contribution in [0.4, 0.5) is 0 Å². The molecule has 0 aliphatic rings. The molecular weight excluding hydrogens is 266 g/mol. The maximum atomic E-state index is 11.4. The lowest BCUT2D eigenvalue weighted by atomic mass is 10.2. The van der Waals surface area contributed by atoms with Gasteiger partial charge in [-0.2, -0.15) is 0 Å². The van der Waals surface area contributed by atoms with Crippen LogP contribution in [0.2, 0.25) is 0 Å². The number of carbonyl (C=O) groups is 1. The van der Waals surface area contributed by atoms with Crippen molar-refractivity contribution in [2.45, 2.75) is 39.3 Å². The van der Waals surface area contributed by atoms with Crippen LogP contribution in [0.3, 0.4) is 0 Å². The Hall–Kier alpha value is -1.88. The lowest BCUT2D eigenvalue weighted by Gasteiger charge is -2.19. The SMILES string of the molecule is CCCCN(C)Cc1nc2ccccc2n1C(C)C(=O)O. The molecule has 114 valence electrons. The summed E-state index contributed by atoms with van der Waals surface area (Å²) in [6.45, 7) is 5.51. The minimum Gasteiger partial charge on any atom is -0.480 e. The van der Waals surface area contributed by atoms with E-state index in [-0.39, 0.29) is 0 Å². The normalized spacial score (nSPS) is 13.0. The summed E-state index contributed by atoms with van der Waals surface area (Å²) in [6, 6.07) is 7.08. The summed E-state index contributed by atoms with van der Waals surface area (Å²) in [7, 11) is 2.05. The van der Waals surface area contributed by atoms with Crippen LogP contribution in [0, 0.1) is 0 Å². The summed E-state index contributed by atoms with van der Waals surface area (Å²) in [4.78, 5) is 18.2. The number of aliphatic carboxylic acids is 1. The Morgan fingerprint density at radius 3 is 2.81 bits per heavy atom. The summed E-state index contributed by atoms with van der Waals surface area (Å²) >= 11 is 0. The predicted octanol–water partition coefficient (Wildman–Crippen LogP) is 2.91. The summed E-state index contributed by atoms with van der Waals surface area (Å²) in [5, 5.41) is 9.35. The van der Waals surface area contributed by atoms with Crippen molar-refractivity contribution in [3.8, 4) is 0 Å². The number of carboxylic acid groups (broad SMARTS) is 1. The molecule has 0 aliphatic carbocycles. The fraction of sp³-hybridized carbons (Fsp3) is 0.500. The highest BCUT2D eigenvalue weighted by Gasteiger charge is 2.21. The first-order valence-corrected chi connectivity index (χ1v) is 7.41. The Morgan fingerprint density at radius 1 is 1.43 bits per heavy atom. The van der Waals surface area contributed by atoms with Crippen LogP contribution >= 0.6 is 0 Å². The van der Waals surface area contributed by atoms with Gasteiger partial charge in [-0.1, -0.05) is 25.5 Å². The van der Waals surface area contributed by atoms with E-state index in [0.29, 0.717) is 6.54 Å². The molecule has 0 fully saturated rings. The number of imidazole rings is 1. The smallest absolute Gasteiger partial charge is 0.326 e. The average molecular weight is 289 g/mol. The van der Waals surface area contributed by atoms with Gasteiger partial charge in [-0.15, -0.1) is 0 Å². The van der Waals surface area contributed by atoms with Crippen molar-refractivity contribution in [2.75, 3.05) is 13.6 Å². The van der Waals surface area contributed by atoms with Crippen molar-refractivity contribution in [1.29, 1.82) is 0 Å². The maximum absolute atomic E-state index is 11.4. The van der Waals surface area contributed by atoms with E-state index >= 15 is 0 Å². The van der Waals surface area contributed by atoms with E-state index in [9.17, 15) is 9.90 Å². The molecule has 0 amide bonds. The predicted molar refractivity (Wildman–Crippen MR) is 83.3 cm³/mol. The van der Waals surface area contributed by atoms with Crippen molar-refractivity contribution < 1.29 is 9.90 Å². The summed E-state index contributed by atoms with van der Waals surface area (Å²) < 4.78 is 1.83. The average Bonchev–Trinajstić information content (AvgIpc) is 2.81. The van der Waals surface area contributed by atoms with Gasteiger partial charge < -0.3 is 9.67 Å². The van der Waals surface area contributed by atoms with Gasteiger partial charge in [0.05, 0.1) is 17.6 Å². The lowest BCUT2D eigenvalue weighted by molar-refractivity contribution is -0.140. The van der Waals surface area contributed by atoms with E-state index < -0.39 is 12.0 Å². The van der Waals surface area contributed by atoms with E-state index in [1.807, 2.05) is 35.9 Å². The third-order valence-electron chi connectivity index (χ3n) is 3.72. The molecule has 1 N–H and O–H groups in total. The molecule has 0 bridgehead atoms. The van der Waals surface area contributed by atoms with Gasteiger partial charge in [-0.3, -0.25) is 4.90 Å². The first-order chi connectivity index (χ1) is 10.0. The zero-order valence-corrected chi connectivity index (χ0v) is 12.9. The molecule has 2 rings (SSSR count). The van der Waals surface area contributed by atoms with E-state index in [1.165, 1.54) is 0 Å². The summed E-state index contributed by atoms with van der Waals surface area (Å²) in [6.07, 6.45) is 2.28.